The number of aryl methyl sites for hydroxylation is 1. The number of H-pyrrole nitrogens is 1. The molecule has 2 aliphatic rings. The fraction of sp³-hybridized carbons (Fsp3) is 0.375. The van der Waals surface area contributed by atoms with Crippen molar-refractivity contribution in [3.8, 4) is 11.5 Å². The molecule has 2 aromatic rings. The van der Waals surface area contributed by atoms with Gasteiger partial charge in [-0.1, -0.05) is 12.1 Å². The van der Waals surface area contributed by atoms with Crippen molar-refractivity contribution in [2.24, 2.45) is 0 Å². The SMILES string of the molecule is Cc1nc2c(c(=O)[nH]1)CN(Cc1cccc3c1OCO3)CC2. The van der Waals surface area contributed by atoms with Gasteiger partial charge in [-0.3, -0.25) is 9.69 Å². The molecule has 0 bridgehead atoms. The lowest BCUT2D eigenvalue weighted by atomic mass is 10.1. The van der Waals surface area contributed by atoms with Crippen LogP contribution >= 0.6 is 0 Å². The molecule has 0 radical (unpaired) electrons. The molecule has 4 rings (SSSR count). The number of aromatic amines is 1. The molecule has 0 saturated heterocycles. The van der Waals surface area contributed by atoms with Crippen LogP contribution in [0, 0.1) is 6.92 Å². The highest BCUT2D eigenvalue weighted by Crippen LogP contribution is 2.36. The Kier molecular flexibility index (Phi) is 3.11. The molecule has 0 atom stereocenters. The number of fused-ring (bicyclic) bond motifs is 2. The quantitative estimate of drug-likeness (QED) is 0.907. The minimum absolute atomic E-state index is 0.0231. The summed E-state index contributed by atoms with van der Waals surface area (Å²) in [6.07, 6.45) is 0.798. The Morgan fingerprint density at radius 2 is 2.27 bits per heavy atom. The van der Waals surface area contributed by atoms with Gasteiger partial charge in [0.25, 0.3) is 5.56 Å². The maximum absolute atomic E-state index is 12.1. The first-order chi connectivity index (χ1) is 10.7. The van der Waals surface area contributed by atoms with Gasteiger partial charge in [0.1, 0.15) is 5.82 Å². The van der Waals surface area contributed by atoms with Gasteiger partial charge in [-0.15, -0.1) is 0 Å². The Bertz CT molecular complexity index is 785. The summed E-state index contributed by atoms with van der Waals surface area (Å²) in [6.45, 7) is 4.33. The van der Waals surface area contributed by atoms with Crippen LogP contribution in [0.4, 0.5) is 0 Å². The molecule has 114 valence electrons. The summed E-state index contributed by atoms with van der Waals surface area (Å²) in [5.41, 5.74) is 2.77. The Labute approximate surface area is 127 Å². The van der Waals surface area contributed by atoms with Crippen LogP contribution in [0.25, 0.3) is 0 Å². The Morgan fingerprint density at radius 3 is 3.18 bits per heavy atom. The van der Waals surface area contributed by atoms with Crippen molar-refractivity contribution in [2.45, 2.75) is 26.4 Å². The number of nitrogens with zero attached hydrogens (tertiary/aromatic N) is 2. The van der Waals surface area contributed by atoms with Crippen molar-refractivity contribution < 1.29 is 9.47 Å². The Balaban J connectivity index is 1.59. The minimum atomic E-state index is -0.0231. The zero-order valence-electron chi connectivity index (χ0n) is 12.4. The first kappa shape index (κ1) is 13.3. The second-order valence-corrected chi connectivity index (χ2v) is 5.69. The number of benzene rings is 1. The van der Waals surface area contributed by atoms with Gasteiger partial charge in [-0.2, -0.15) is 0 Å². The third-order valence-electron chi connectivity index (χ3n) is 4.14. The van der Waals surface area contributed by atoms with Gasteiger partial charge in [0.2, 0.25) is 6.79 Å². The number of aromatic nitrogens is 2. The largest absolute Gasteiger partial charge is 0.454 e. The highest BCUT2D eigenvalue weighted by Gasteiger charge is 2.23. The lowest BCUT2D eigenvalue weighted by molar-refractivity contribution is 0.171. The first-order valence-corrected chi connectivity index (χ1v) is 7.39. The highest BCUT2D eigenvalue weighted by atomic mass is 16.7. The van der Waals surface area contributed by atoms with Crippen LogP contribution in [-0.2, 0) is 19.5 Å². The molecule has 3 heterocycles. The third-order valence-corrected chi connectivity index (χ3v) is 4.14. The first-order valence-electron chi connectivity index (χ1n) is 7.39. The lowest BCUT2D eigenvalue weighted by Gasteiger charge is -2.27. The average molecular weight is 299 g/mol. The van der Waals surface area contributed by atoms with Crippen molar-refractivity contribution in [3.63, 3.8) is 0 Å². The molecule has 2 aliphatic heterocycles. The average Bonchev–Trinajstić information content (AvgIpc) is 2.97. The van der Waals surface area contributed by atoms with Gasteiger partial charge in [0, 0.05) is 31.6 Å². The van der Waals surface area contributed by atoms with Crippen molar-refractivity contribution in [3.05, 3.63) is 51.2 Å². The van der Waals surface area contributed by atoms with E-state index in [0.29, 0.717) is 12.4 Å². The molecular weight excluding hydrogens is 282 g/mol. The maximum Gasteiger partial charge on any atom is 0.255 e. The van der Waals surface area contributed by atoms with Crippen molar-refractivity contribution >= 4 is 0 Å². The Hall–Kier alpha value is -2.34. The van der Waals surface area contributed by atoms with Gasteiger partial charge in [-0.05, 0) is 13.0 Å². The van der Waals surface area contributed by atoms with Gasteiger partial charge in [0.05, 0.1) is 11.3 Å². The number of para-hydroxylation sites is 1. The van der Waals surface area contributed by atoms with E-state index < -0.39 is 0 Å². The summed E-state index contributed by atoms with van der Waals surface area (Å²) in [5.74, 6) is 2.30. The molecule has 0 aliphatic carbocycles. The van der Waals surface area contributed by atoms with Crippen molar-refractivity contribution in [2.75, 3.05) is 13.3 Å². The summed E-state index contributed by atoms with van der Waals surface area (Å²) in [7, 11) is 0. The normalized spacial score (nSPS) is 16.6. The minimum Gasteiger partial charge on any atom is -0.454 e. The highest BCUT2D eigenvalue weighted by molar-refractivity contribution is 5.48. The number of ether oxygens (including phenoxy) is 2. The molecule has 1 aromatic carbocycles. The van der Waals surface area contributed by atoms with Crippen LogP contribution in [0.2, 0.25) is 0 Å². The number of rotatable bonds is 2. The van der Waals surface area contributed by atoms with Gasteiger partial charge >= 0.3 is 0 Å². The Morgan fingerprint density at radius 1 is 1.36 bits per heavy atom. The topological polar surface area (TPSA) is 67.5 Å². The molecule has 6 heteroatoms. The summed E-state index contributed by atoms with van der Waals surface area (Å²) in [5, 5.41) is 0. The van der Waals surface area contributed by atoms with Gasteiger partial charge < -0.3 is 14.5 Å². The van der Waals surface area contributed by atoms with Crippen molar-refractivity contribution in [1.29, 1.82) is 0 Å². The molecule has 0 fully saturated rings. The van der Waals surface area contributed by atoms with E-state index in [0.717, 1.165) is 47.8 Å². The van der Waals surface area contributed by atoms with E-state index in [-0.39, 0.29) is 12.4 Å². The van der Waals surface area contributed by atoms with E-state index in [2.05, 4.69) is 14.9 Å². The molecule has 0 saturated carbocycles. The fourth-order valence-corrected chi connectivity index (χ4v) is 3.10. The zero-order valence-corrected chi connectivity index (χ0v) is 12.4. The van der Waals surface area contributed by atoms with Crippen LogP contribution < -0.4 is 15.0 Å². The predicted molar refractivity (Wildman–Crippen MR) is 80.0 cm³/mol. The predicted octanol–water partition coefficient (Wildman–Crippen LogP) is 1.37. The van der Waals surface area contributed by atoms with Crippen LogP contribution in [0.5, 0.6) is 11.5 Å². The smallest absolute Gasteiger partial charge is 0.255 e. The summed E-state index contributed by atoms with van der Waals surface area (Å²) >= 11 is 0. The molecular formula is C16H17N3O3. The van der Waals surface area contributed by atoms with Gasteiger partial charge in [0.15, 0.2) is 11.5 Å². The van der Waals surface area contributed by atoms with Crippen LogP contribution in [0.15, 0.2) is 23.0 Å². The van der Waals surface area contributed by atoms with Gasteiger partial charge in [-0.25, -0.2) is 4.98 Å². The molecule has 0 amide bonds. The van der Waals surface area contributed by atoms with Crippen LogP contribution in [0.1, 0.15) is 22.6 Å². The van der Waals surface area contributed by atoms with E-state index in [1.807, 2.05) is 25.1 Å². The molecule has 0 unspecified atom stereocenters. The van der Waals surface area contributed by atoms with E-state index in [9.17, 15) is 4.79 Å². The molecule has 22 heavy (non-hydrogen) atoms. The zero-order chi connectivity index (χ0) is 15.1. The fourth-order valence-electron chi connectivity index (χ4n) is 3.10. The van der Waals surface area contributed by atoms with Crippen molar-refractivity contribution in [1.82, 2.24) is 14.9 Å². The second-order valence-electron chi connectivity index (χ2n) is 5.69. The summed E-state index contributed by atoms with van der Waals surface area (Å²) < 4.78 is 11.0. The third kappa shape index (κ3) is 2.25. The number of hydrogen-bond donors (Lipinski definition) is 1. The maximum atomic E-state index is 12.1. The number of hydrogen-bond acceptors (Lipinski definition) is 5. The van der Waals surface area contributed by atoms with E-state index in [1.54, 1.807) is 0 Å². The molecule has 6 nitrogen and oxygen atoms in total. The molecule has 1 N–H and O–H groups in total. The lowest BCUT2D eigenvalue weighted by Crippen LogP contribution is -2.35. The summed E-state index contributed by atoms with van der Waals surface area (Å²) in [6, 6.07) is 5.92. The molecule has 1 aromatic heterocycles. The van der Waals surface area contributed by atoms with E-state index in [4.69, 9.17) is 9.47 Å². The molecule has 0 spiro atoms. The standard InChI is InChI=1S/C16H17N3O3/c1-10-17-13-5-6-19(8-12(13)16(20)18-10)7-11-3-2-4-14-15(11)22-9-21-14/h2-4H,5-9H2,1H3,(H,17,18,20). The number of nitrogens with one attached hydrogen (secondary N) is 1. The second kappa shape index (κ2) is 5.14. The van der Waals surface area contributed by atoms with E-state index >= 15 is 0 Å². The van der Waals surface area contributed by atoms with Crippen LogP contribution in [0.3, 0.4) is 0 Å². The van der Waals surface area contributed by atoms with Crippen LogP contribution in [-0.4, -0.2) is 28.2 Å². The van der Waals surface area contributed by atoms with E-state index in [1.165, 1.54) is 0 Å². The monoisotopic (exact) mass is 299 g/mol. The summed E-state index contributed by atoms with van der Waals surface area (Å²) in [4.78, 5) is 21.6.